The van der Waals surface area contributed by atoms with Gasteiger partial charge in [-0.3, -0.25) is 4.79 Å². The molecule has 1 aliphatic heterocycles. The predicted molar refractivity (Wildman–Crippen MR) is 68.9 cm³/mol. The Bertz CT molecular complexity index is 380. The van der Waals surface area contributed by atoms with Crippen LogP contribution in [0.15, 0.2) is 17.5 Å². The highest BCUT2D eigenvalue weighted by Gasteiger charge is 2.36. The SMILES string of the molecule is O=C(C1CCCN1)N(Cc1cccs1)C1CC1. The fourth-order valence-corrected chi connectivity index (χ4v) is 3.14. The highest BCUT2D eigenvalue weighted by molar-refractivity contribution is 7.09. The molecule has 2 heterocycles. The molecule has 1 aromatic rings. The number of thiophene rings is 1. The third kappa shape index (κ3) is 2.53. The van der Waals surface area contributed by atoms with E-state index in [-0.39, 0.29) is 6.04 Å². The summed E-state index contributed by atoms with van der Waals surface area (Å²) in [7, 11) is 0. The van der Waals surface area contributed by atoms with Gasteiger partial charge in [0.15, 0.2) is 0 Å². The van der Waals surface area contributed by atoms with Crippen molar-refractivity contribution in [2.45, 2.75) is 44.3 Å². The number of nitrogens with zero attached hydrogens (tertiary/aromatic N) is 1. The molecule has 1 atom stereocenters. The van der Waals surface area contributed by atoms with Crippen molar-refractivity contribution in [2.24, 2.45) is 0 Å². The molecule has 92 valence electrons. The van der Waals surface area contributed by atoms with Crippen LogP contribution in [-0.2, 0) is 11.3 Å². The normalized spacial score (nSPS) is 23.9. The molecule has 17 heavy (non-hydrogen) atoms. The van der Waals surface area contributed by atoms with E-state index in [1.165, 1.54) is 17.7 Å². The lowest BCUT2D eigenvalue weighted by atomic mass is 10.2. The Morgan fingerprint density at radius 2 is 2.35 bits per heavy atom. The lowest BCUT2D eigenvalue weighted by Crippen LogP contribution is -2.44. The standard InChI is InChI=1S/C13H18N2OS/c16-13(12-4-1-7-14-12)15(10-5-6-10)9-11-3-2-8-17-11/h2-3,8,10,12,14H,1,4-7,9H2. The second kappa shape index (κ2) is 4.78. The quantitative estimate of drug-likeness (QED) is 0.886. The van der Waals surface area contributed by atoms with Gasteiger partial charge in [-0.25, -0.2) is 0 Å². The number of carbonyl (C=O) groups excluding carboxylic acids is 1. The molecule has 1 N–H and O–H groups in total. The van der Waals surface area contributed by atoms with Crippen LogP contribution < -0.4 is 5.32 Å². The van der Waals surface area contributed by atoms with E-state index in [4.69, 9.17) is 0 Å². The van der Waals surface area contributed by atoms with Crippen LogP contribution in [0.3, 0.4) is 0 Å². The van der Waals surface area contributed by atoms with Gasteiger partial charge in [-0.15, -0.1) is 11.3 Å². The second-order valence-corrected chi connectivity index (χ2v) is 5.96. The first kappa shape index (κ1) is 11.2. The van der Waals surface area contributed by atoms with Crippen molar-refractivity contribution >= 4 is 17.2 Å². The molecule has 1 aromatic heterocycles. The number of hydrogen-bond acceptors (Lipinski definition) is 3. The highest BCUT2D eigenvalue weighted by atomic mass is 32.1. The van der Waals surface area contributed by atoms with E-state index in [1.54, 1.807) is 11.3 Å². The summed E-state index contributed by atoms with van der Waals surface area (Å²) in [6, 6.07) is 4.77. The van der Waals surface area contributed by atoms with Crippen LogP contribution in [0.25, 0.3) is 0 Å². The Labute approximate surface area is 106 Å². The molecule has 3 nitrogen and oxygen atoms in total. The predicted octanol–water partition coefficient (Wildman–Crippen LogP) is 1.99. The average Bonchev–Trinajstić information content (AvgIpc) is 2.86. The average molecular weight is 250 g/mol. The molecule has 1 unspecified atom stereocenters. The topological polar surface area (TPSA) is 32.3 Å². The minimum Gasteiger partial charge on any atom is -0.333 e. The molecule has 1 aliphatic carbocycles. The Morgan fingerprint density at radius 3 is 2.94 bits per heavy atom. The molecule has 0 bridgehead atoms. The van der Waals surface area contributed by atoms with Crippen molar-refractivity contribution in [3.05, 3.63) is 22.4 Å². The van der Waals surface area contributed by atoms with Gasteiger partial charge < -0.3 is 10.2 Å². The van der Waals surface area contributed by atoms with E-state index in [0.717, 1.165) is 25.9 Å². The number of hydrogen-bond donors (Lipinski definition) is 1. The number of rotatable bonds is 4. The number of carbonyl (C=O) groups is 1. The highest BCUT2D eigenvalue weighted by Crippen LogP contribution is 2.30. The third-order valence-corrected chi connectivity index (χ3v) is 4.40. The lowest BCUT2D eigenvalue weighted by molar-refractivity contribution is -0.134. The van der Waals surface area contributed by atoms with Crippen molar-refractivity contribution in [1.82, 2.24) is 10.2 Å². The summed E-state index contributed by atoms with van der Waals surface area (Å²) < 4.78 is 0. The molecule has 1 saturated heterocycles. The summed E-state index contributed by atoms with van der Waals surface area (Å²) in [6.45, 7) is 1.80. The molecule has 2 fully saturated rings. The molecule has 0 aromatic carbocycles. The van der Waals surface area contributed by atoms with Gasteiger partial charge in [-0.05, 0) is 43.7 Å². The molecular weight excluding hydrogens is 232 g/mol. The van der Waals surface area contributed by atoms with E-state index in [1.807, 2.05) is 0 Å². The van der Waals surface area contributed by atoms with Gasteiger partial charge in [0, 0.05) is 10.9 Å². The molecular formula is C13H18N2OS. The maximum atomic E-state index is 12.4. The monoisotopic (exact) mass is 250 g/mol. The zero-order valence-electron chi connectivity index (χ0n) is 9.89. The van der Waals surface area contributed by atoms with Crippen LogP contribution in [0, 0.1) is 0 Å². The van der Waals surface area contributed by atoms with E-state index < -0.39 is 0 Å². The van der Waals surface area contributed by atoms with Gasteiger partial charge in [0.1, 0.15) is 0 Å². The van der Waals surface area contributed by atoms with Crippen LogP contribution in [0.1, 0.15) is 30.6 Å². The lowest BCUT2D eigenvalue weighted by Gasteiger charge is -2.25. The Kier molecular flexibility index (Phi) is 3.16. The maximum absolute atomic E-state index is 12.4. The molecule has 0 radical (unpaired) electrons. The fourth-order valence-electron chi connectivity index (χ4n) is 2.44. The van der Waals surface area contributed by atoms with Crippen LogP contribution in [0.2, 0.25) is 0 Å². The third-order valence-electron chi connectivity index (χ3n) is 3.54. The van der Waals surface area contributed by atoms with Gasteiger partial charge in [0.2, 0.25) is 5.91 Å². The first-order valence-electron chi connectivity index (χ1n) is 6.41. The molecule has 3 rings (SSSR count). The Balaban J connectivity index is 1.68. The van der Waals surface area contributed by atoms with E-state index in [0.29, 0.717) is 11.9 Å². The van der Waals surface area contributed by atoms with Gasteiger partial charge in [-0.1, -0.05) is 6.07 Å². The van der Waals surface area contributed by atoms with Gasteiger partial charge in [0.25, 0.3) is 0 Å². The molecule has 4 heteroatoms. The van der Waals surface area contributed by atoms with Crippen LogP contribution in [0.4, 0.5) is 0 Å². The summed E-state index contributed by atoms with van der Waals surface area (Å²) in [6.07, 6.45) is 4.51. The van der Waals surface area contributed by atoms with Gasteiger partial charge in [0.05, 0.1) is 12.6 Å². The summed E-state index contributed by atoms with van der Waals surface area (Å²) >= 11 is 1.74. The van der Waals surface area contributed by atoms with Crippen molar-refractivity contribution in [3.63, 3.8) is 0 Å². The minimum atomic E-state index is 0.0792. The van der Waals surface area contributed by atoms with E-state index in [9.17, 15) is 4.79 Å². The van der Waals surface area contributed by atoms with E-state index >= 15 is 0 Å². The van der Waals surface area contributed by atoms with Crippen molar-refractivity contribution < 1.29 is 4.79 Å². The summed E-state index contributed by atoms with van der Waals surface area (Å²) in [5.74, 6) is 0.318. The first-order chi connectivity index (χ1) is 8.34. The number of amides is 1. The van der Waals surface area contributed by atoms with Gasteiger partial charge >= 0.3 is 0 Å². The Morgan fingerprint density at radius 1 is 1.47 bits per heavy atom. The molecule has 0 spiro atoms. The zero-order chi connectivity index (χ0) is 11.7. The van der Waals surface area contributed by atoms with E-state index in [2.05, 4.69) is 27.7 Å². The van der Waals surface area contributed by atoms with Crippen molar-refractivity contribution in [2.75, 3.05) is 6.54 Å². The largest absolute Gasteiger partial charge is 0.333 e. The smallest absolute Gasteiger partial charge is 0.240 e. The molecule has 1 saturated carbocycles. The minimum absolute atomic E-state index is 0.0792. The zero-order valence-corrected chi connectivity index (χ0v) is 10.7. The van der Waals surface area contributed by atoms with Crippen LogP contribution in [0.5, 0.6) is 0 Å². The van der Waals surface area contributed by atoms with Crippen molar-refractivity contribution in [1.29, 1.82) is 0 Å². The van der Waals surface area contributed by atoms with Crippen LogP contribution >= 0.6 is 11.3 Å². The van der Waals surface area contributed by atoms with Gasteiger partial charge in [-0.2, -0.15) is 0 Å². The summed E-state index contributed by atoms with van der Waals surface area (Å²) in [5, 5.41) is 5.39. The summed E-state index contributed by atoms with van der Waals surface area (Å²) in [4.78, 5) is 15.8. The Hall–Kier alpha value is -0.870. The first-order valence-corrected chi connectivity index (χ1v) is 7.29. The molecule has 2 aliphatic rings. The summed E-state index contributed by atoms with van der Waals surface area (Å²) in [5.41, 5.74) is 0. The molecule has 1 amide bonds. The number of nitrogens with one attached hydrogen (secondary N) is 1. The maximum Gasteiger partial charge on any atom is 0.240 e. The van der Waals surface area contributed by atoms with Crippen molar-refractivity contribution in [3.8, 4) is 0 Å². The fraction of sp³-hybridized carbons (Fsp3) is 0.615. The second-order valence-electron chi connectivity index (χ2n) is 4.93. The van der Waals surface area contributed by atoms with Crippen LogP contribution in [-0.4, -0.2) is 29.4 Å².